The maximum Gasteiger partial charge on any atom is 0.127 e. The topological polar surface area (TPSA) is 20.2 Å². The lowest BCUT2D eigenvalue weighted by molar-refractivity contribution is 0.222. The Hall–Kier alpha value is -0.410. The molecule has 0 aliphatic carbocycles. The molecule has 0 amide bonds. The first kappa shape index (κ1) is 9.68. The van der Waals surface area contributed by atoms with E-state index in [4.69, 9.17) is 5.11 Å². The van der Waals surface area contributed by atoms with E-state index in [1.54, 1.807) is 18.2 Å². The van der Waals surface area contributed by atoms with Crippen molar-refractivity contribution in [3.63, 3.8) is 0 Å². The van der Waals surface area contributed by atoms with Crippen LogP contribution in [0.25, 0.3) is 0 Å². The van der Waals surface area contributed by atoms with Gasteiger partial charge in [0.1, 0.15) is 6.17 Å². The molecule has 0 saturated carbocycles. The first-order valence-corrected chi connectivity index (χ1v) is 4.53. The van der Waals surface area contributed by atoms with Crippen LogP contribution in [-0.2, 0) is 0 Å². The van der Waals surface area contributed by atoms with E-state index in [0.29, 0.717) is 5.56 Å². The Morgan fingerprint density at radius 1 is 1.50 bits per heavy atom. The molecule has 0 aliphatic heterocycles. The molecule has 0 aromatic heterocycles. The maximum absolute atomic E-state index is 13.1. The highest BCUT2D eigenvalue weighted by molar-refractivity contribution is 9.10. The molecule has 0 radical (unpaired) electrons. The minimum Gasteiger partial charge on any atom is -0.396 e. The Labute approximate surface area is 79.4 Å². The van der Waals surface area contributed by atoms with Gasteiger partial charge in [0, 0.05) is 17.5 Å². The molecule has 3 heteroatoms. The van der Waals surface area contributed by atoms with E-state index in [-0.39, 0.29) is 13.0 Å². The summed E-state index contributed by atoms with van der Waals surface area (Å²) in [6.07, 6.45) is -0.899. The third-order valence-corrected chi connectivity index (χ3v) is 2.09. The number of halogens is 2. The number of benzene rings is 1. The molecule has 0 bridgehead atoms. The third-order valence-electron chi connectivity index (χ3n) is 1.59. The van der Waals surface area contributed by atoms with Crippen molar-refractivity contribution in [3.05, 3.63) is 34.3 Å². The van der Waals surface area contributed by atoms with E-state index in [1.807, 2.05) is 6.07 Å². The molecule has 0 heterocycles. The molecule has 0 spiro atoms. The zero-order chi connectivity index (χ0) is 8.97. The smallest absolute Gasteiger partial charge is 0.127 e. The molecule has 0 fully saturated rings. The van der Waals surface area contributed by atoms with Gasteiger partial charge in [-0.05, 0) is 17.7 Å². The van der Waals surface area contributed by atoms with E-state index in [9.17, 15) is 4.39 Å². The highest BCUT2D eigenvalue weighted by atomic mass is 79.9. The molecule has 1 rings (SSSR count). The number of alkyl halides is 1. The van der Waals surface area contributed by atoms with Gasteiger partial charge < -0.3 is 5.11 Å². The zero-order valence-corrected chi connectivity index (χ0v) is 8.09. The summed E-state index contributed by atoms with van der Waals surface area (Å²) < 4.78 is 14.0. The molecule has 0 aliphatic rings. The van der Waals surface area contributed by atoms with Gasteiger partial charge in [0.25, 0.3) is 0 Å². The van der Waals surface area contributed by atoms with Crippen molar-refractivity contribution in [1.29, 1.82) is 0 Å². The van der Waals surface area contributed by atoms with Crippen molar-refractivity contribution in [1.82, 2.24) is 0 Å². The van der Waals surface area contributed by atoms with Crippen LogP contribution in [0.2, 0.25) is 0 Å². The van der Waals surface area contributed by atoms with Crippen molar-refractivity contribution in [3.8, 4) is 0 Å². The second-order valence-electron chi connectivity index (χ2n) is 2.53. The molecule has 1 N–H and O–H groups in total. The van der Waals surface area contributed by atoms with Crippen LogP contribution in [0.4, 0.5) is 4.39 Å². The van der Waals surface area contributed by atoms with Gasteiger partial charge in [-0.3, -0.25) is 0 Å². The molecule has 1 aromatic carbocycles. The van der Waals surface area contributed by atoms with Gasteiger partial charge in [-0.2, -0.15) is 0 Å². The summed E-state index contributed by atoms with van der Waals surface area (Å²) >= 11 is 3.25. The largest absolute Gasteiger partial charge is 0.396 e. The van der Waals surface area contributed by atoms with Crippen LogP contribution in [0.5, 0.6) is 0 Å². The van der Waals surface area contributed by atoms with Crippen molar-refractivity contribution in [2.24, 2.45) is 0 Å². The van der Waals surface area contributed by atoms with E-state index < -0.39 is 6.17 Å². The number of aliphatic hydroxyl groups is 1. The lowest BCUT2D eigenvalue weighted by Crippen LogP contribution is -1.94. The van der Waals surface area contributed by atoms with Crippen LogP contribution in [0.3, 0.4) is 0 Å². The minimum absolute atomic E-state index is 0.117. The summed E-state index contributed by atoms with van der Waals surface area (Å²) in [6.45, 7) is -0.117. The maximum atomic E-state index is 13.1. The average molecular weight is 233 g/mol. The fourth-order valence-electron chi connectivity index (χ4n) is 0.981. The Kier molecular flexibility index (Phi) is 3.69. The first-order valence-electron chi connectivity index (χ1n) is 3.74. The number of hydrogen-bond acceptors (Lipinski definition) is 1. The van der Waals surface area contributed by atoms with Crippen molar-refractivity contribution < 1.29 is 9.50 Å². The number of rotatable bonds is 3. The van der Waals surface area contributed by atoms with Gasteiger partial charge in [-0.15, -0.1) is 0 Å². The second-order valence-corrected chi connectivity index (χ2v) is 3.45. The number of hydrogen-bond donors (Lipinski definition) is 1. The van der Waals surface area contributed by atoms with Gasteiger partial charge >= 0.3 is 0 Å². The van der Waals surface area contributed by atoms with Crippen LogP contribution in [0.15, 0.2) is 28.7 Å². The highest BCUT2D eigenvalue weighted by Gasteiger charge is 2.08. The Bertz CT molecular complexity index is 252. The summed E-state index contributed by atoms with van der Waals surface area (Å²) in [7, 11) is 0. The average Bonchev–Trinajstić information content (AvgIpc) is 2.05. The molecular weight excluding hydrogens is 223 g/mol. The molecule has 1 atom stereocenters. The molecule has 12 heavy (non-hydrogen) atoms. The second kappa shape index (κ2) is 4.58. The molecule has 0 saturated heterocycles. The van der Waals surface area contributed by atoms with Crippen LogP contribution in [-0.4, -0.2) is 11.7 Å². The van der Waals surface area contributed by atoms with Crippen LogP contribution < -0.4 is 0 Å². The van der Waals surface area contributed by atoms with Crippen molar-refractivity contribution >= 4 is 15.9 Å². The standard InChI is InChI=1S/C9H10BrFO/c10-8-3-1-2-7(6-8)9(11)4-5-12/h1-3,6,9,12H,4-5H2. The van der Waals surface area contributed by atoms with Gasteiger partial charge in [-0.1, -0.05) is 28.1 Å². The van der Waals surface area contributed by atoms with E-state index in [2.05, 4.69) is 15.9 Å². The van der Waals surface area contributed by atoms with Crippen LogP contribution in [0.1, 0.15) is 18.2 Å². The number of aliphatic hydroxyl groups excluding tert-OH is 1. The fraction of sp³-hybridized carbons (Fsp3) is 0.333. The summed E-state index contributed by atoms with van der Waals surface area (Å²) in [6, 6.07) is 7.06. The summed E-state index contributed by atoms with van der Waals surface area (Å²) in [5.74, 6) is 0. The normalized spacial score (nSPS) is 12.9. The van der Waals surface area contributed by atoms with Gasteiger partial charge in [0.2, 0.25) is 0 Å². The SMILES string of the molecule is OCCC(F)c1cccc(Br)c1. The fourth-order valence-corrected chi connectivity index (χ4v) is 1.40. The molecular formula is C9H10BrFO. The molecule has 1 unspecified atom stereocenters. The third kappa shape index (κ3) is 2.57. The Balaban J connectivity index is 2.73. The van der Waals surface area contributed by atoms with Crippen molar-refractivity contribution in [2.45, 2.75) is 12.6 Å². The van der Waals surface area contributed by atoms with E-state index in [1.165, 1.54) is 0 Å². The van der Waals surface area contributed by atoms with Crippen LogP contribution >= 0.6 is 15.9 Å². The zero-order valence-electron chi connectivity index (χ0n) is 6.50. The molecule has 1 aromatic rings. The van der Waals surface area contributed by atoms with Crippen molar-refractivity contribution in [2.75, 3.05) is 6.61 Å². The minimum atomic E-state index is -1.06. The highest BCUT2D eigenvalue weighted by Crippen LogP contribution is 2.23. The van der Waals surface area contributed by atoms with Gasteiger partial charge in [0.15, 0.2) is 0 Å². The monoisotopic (exact) mass is 232 g/mol. The first-order chi connectivity index (χ1) is 5.74. The van der Waals surface area contributed by atoms with E-state index >= 15 is 0 Å². The lowest BCUT2D eigenvalue weighted by atomic mass is 10.1. The lowest BCUT2D eigenvalue weighted by Gasteiger charge is -2.06. The quantitative estimate of drug-likeness (QED) is 0.850. The summed E-state index contributed by atoms with van der Waals surface area (Å²) in [5.41, 5.74) is 0.610. The summed E-state index contributed by atoms with van der Waals surface area (Å²) in [4.78, 5) is 0. The summed E-state index contributed by atoms with van der Waals surface area (Å²) in [5, 5.41) is 8.52. The predicted molar refractivity (Wildman–Crippen MR) is 49.7 cm³/mol. The van der Waals surface area contributed by atoms with E-state index in [0.717, 1.165) is 4.47 Å². The Morgan fingerprint density at radius 3 is 2.83 bits per heavy atom. The van der Waals surface area contributed by atoms with Gasteiger partial charge in [0.05, 0.1) is 0 Å². The molecule has 1 nitrogen and oxygen atoms in total. The Morgan fingerprint density at radius 2 is 2.25 bits per heavy atom. The predicted octanol–water partition coefficient (Wildman–Crippen LogP) is 2.84. The van der Waals surface area contributed by atoms with Crippen LogP contribution in [0, 0.1) is 0 Å². The molecule has 66 valence electrons. The van der Waals surface area contributed by atoms with Gasteiger partial charge in [-0.25, -0.2) is 4.39 Å².